The predicted molar refractivity (Wildman–Crippen MR) is 351 cm³/mol. The average molecular weight is 1330 g/mol. The standard InChI is InChI=1S/C68H129N2O19P.H3N/c1-5-9-13-17-21-25-26-30-34-38-42-46-59(76)85-54(45-41-37-33-29-24-20-16-12-8-4)49-58(75)69-61-64(79)65(89-90(81,82)83)55(50-71)87-68(61)84-51-56-63(78)66(88-60(77)48-53(73)44-40-36-32-28-23-19-15-11-7-3)62(67(80)86-56)70-57(74)47-52(72)43-39-35-31-27-22-18-14-10-6-2;/h52-56,61-68,71-73,78-80H,5-51H2,1-4H3,(H,69,75)(H,70,74)(H2,81,82,83);1H3/t52-,53-,54-,55-,56-,61-,62-,63-,64-,65-,66-,67+,68-;/m1./s1. The number of aliphatic hydroxyl groups is 6. The van der Waals surface area contributed by atoms with Gasteiger partial charge in [0, 0.05) is 6.42 Å². The van der Waals surface area contributed by atoms with Crippen molar-refractivity contribution in [1.82, 2.24) is 16.8 Å². The number of esters is 2. The van der Waals surface area contributed by atoms with Crippen LogP contribution in [0.1, 0.15) is 317 Å². The molecule has 91 heavy (non-hydrogen) atoms. The molecule has 14 atom stereocenters. The van der Waals surface area contributed by atoms with Gasteiger partial charge in [-0.05, 0) is 32.1 Å². The summed E-state index contributed by atoms with van der Waals surface area (Å²) in [6.07, 6.45) is 22.8. The number of aliphatic hydroxyl groups excluding tert-OH is 6. The molecule has 22 nitrogen and oxygen atoms in total. The van der Waals surface area contributed by atoms with E-state index in [1.807, 2.05) is 0 Å². The Bertz CT molecular complexity index is 1860. The summed E-state index contributed by atoms with van der Waals surface area (Å²) in [6, 6.07) is -3.31. The molecule has 2 aliphatic heterocycles. The molecule has 0 aromatic carbocycles. The van der Waals surface area contributed by atoms with Crippen molar-refractivity contribution in [3.8, 4) is 0 Å². The van der Waals surface area contributed by atoms with Gasteiger partial charge in [-0.3, -0.25) is 23.7 Å². The van der Waals surface area contributed by atoms with Crippen molar-refractivity contribution in [2.45, 2.75) is 396 Å². The number of quaternary nitrogens is 1. The average Bonchev–Trinajstić information content (AvgIpc) is 0.911. The molecule has 2 aliphatic rings. The molecule has 23 heteroatoms. The molecular weight excluding hydrogens is 1190 g/mol. The predicted octanol–water partition coefficient (Wildman–Crippen LogP) is 11.5. The first-order chi connectivity index (χ1) is 43.4. The van der Waals surface area contributed by atoms with Crippen LogP contribution in [-0.4, -0.2) is 152 Å². The molecule has 0 bridgehead atoms. The Kier molecular flexibility index (Phi) is 52.0. The lowest BCUT2D eigenvalue weighted by molar-refractivity contribution is -0.303. The van der Waals surface area contributed by atoms with E-state index in [0.717, 1.165) is 116 Å². The molecule has 13 N–H and O–H groups in total. The van der Waals surface area contributed by atoms with Gasteiger partial charge in [-0.25, -0.2) is 0 Å². The zero-order valence-electron chi connectivity index (χ0n) is 57.2. The fourth-order valence-corrected chi connectivity index (χ4v) is 12.7. The number of nitrogens with one attached hydrogen (secondary N) is 2. The maximum atomic E-state index is 14.1. The van der Waals surface area contributed by atoms with Gasteiger partial charge in [0.05, 0.1) is 44.7 Å². The molecule has 0 radical (unpaired) electrons. The van der Waals surface area contributed by atoms with Crippen LogP contribution in [0.15, 0.2) is 0 Å². The quantitative estimate of drug-likeness (QED) is 0.0154. The normalized spacial score (nSPS) is 23.3. The maximum Gasteiger partial charge on any atom is 0.308 e. The van der Waals surface area contributed by atoms with Crippen LogP contribution in [0.4, 0.5) is 0 Å². The van der Waals surface area contributed by atoms with Crippen LogP contribution in [0.5, 0.6) is 0 Å². The van der Waals surface area contributed by atoms with Gasteiger partial charge < -0.3 is 85.4 Å². The molecule has 0 aromatic heterocycles. The molecule has 0 aliphatic carbocycles. The summed E-state index contributed by atoms with van der Waals surface area (Å²) in [7, 11) is -5.62. The molecule has 2 saturated heterocycles. The van der Waals surface area contributed by atoms with E-state index in [9.17, 15) is 64.2 Å². The second-order valence-electron chi connectivity index (χ2n) is 26.0. The highest BCUT2D eigenvalue weighted by atomic mass is 31.2. The van der Waals surface area contributed by atoms with Crippen LogP contribution < -0.4 is 21.7 Å². The zero-order chi connectivity index (χ0) is 66.2. The SMILES string of the molecule is CCCCCCCCCCCCCC(=O)O[C@H](CCCCCCCCCCC)CC(=O)N[C@H]1[C@H](OC[C@H]2O[C@H](O)[C@H](NC(=O)C[C@H](O)CCCCCCCCCCC)[C@@H](OC(=O)C[C@H](O)CCCCCCCCCCC)[C@@H]2O)O[C@H](CO)[C@@H](OP(=O)([O-])O)[C@@H]1O.[NH4+]. The number of carbonyl (C=O) groups excluding carboxylic acids is 4. The number of carbonyl (C=O) groups is 4. The summed E-state index contributed by atoms with van der Waals surface area (Å²) in [4.78, 5) is 76.4. The summed E-state index contributed by atoms with van der Waals surface area (Å²) in [5, 5.41) is 72.5. The van der Waals surface area contributed by atoms with Gasteiger partial charge >= 0.3 is 11.9 Å². The first-order valence-electron chi connectivity index (χ1n) is 36.0. The smallest absolute Gasteiger partial charge is 0.308 e. The Morgan fingerprint density at radius 1 is 0.495 bits per heavy atom. The lowest BCUT2D eigenvalue weighted by atomic mass is 9.95. The van der Waals surface area contributed by atoms with E-state index >= 15 is 0 Å². The number of hydrogen-bond donors (Lipinski definition) is 10. The minimum absolute atomic E-state index is 0. The largest absolute Gasteiger partial charge is 0.756 e. The van der Waals surface area contributed by atoms with E-state index in [1.54, 1.807) is 0 Å². The van der Waals surface area contributed by atoms with Gasteiger partial charge in [0.15, 0.2) is 18.7 Å². The molecule has 0 aromatic rings. The fourth-order valence-electron chi connectivity index (χ4n) is 12.2. The maximum absolute atomic E-state index is 14.1. The van der Waals surface area contributed by atoms with Crippen molar-refractivity contribution in [2.24, 2.45) is 0 Å². The summed E-state index contributed by atoms with van der Waals surface area (Å²) in [5.41, 5.74) is 0. The lowest BCUT2D eigenvalue weighted by Gasteiger charge is -2.46. The second-order valence-corrected chi connectivity index (χ2v) is 27.1. The Labute approximate surface area is 548 Å². The third kappa shape index (κ3) is 42.0. The van der Waals surface area contributed by atoms with Crippen LogP contribution in [0, 0.1) is 0 Å². The van der Waals surface area contributed by atoms with Crippen LogP contribution >= 0.6 is 7.82 Å². The number of phosphoric acid groups is 1. The van der Waals surface area contributed by atoms with Gasteiger partial charge in [-0.1, -0.05) is 259 Å². The minimum Gasteiger partial charge on any atom is -0.756 e. The van der Waals surface area contributed by atoms with Crippen LogP contribution in [-0.2, 0) is 52.0 Å². The molecule has 2 amide bonds. The number of hydrogen-bond acceptors (Lipinski definition) is 18. The molecule has 2 rings (SSSR count). The van der Waals surface area contributed by atoms with Crippen molar-refractivity contribution >= 4 is 31.6 Å². The Morgan fingerprint density at radius 3 is 1.33 bits per heavy atom. The van der Waals surface area contributed by atoms with Crippen LogP contribution in [0.3, 0.4) is 0 Å². The van der Waals surface area contributed by atoms with E-state index < -0.39 is 131 Å². The van der Waals surface area contributed by atoms with E-state index in [-0.39, 0.29) is 25.4 Å². The van der Waals surface area contributed by atoms with Gasteiger partial charge in [-0.15, -0.1) is 0 Å². The summed E-state index contributed by atoms with van der Waals surface area (Å²) >= 11 is 0. The topological polar surface area (TPSA) is 366 Å². The van der Waals surface area contributed by atoms with Crippen molar-refractivity contribution in [2.75, 3.05) is 13.2 Å². The third-order valence-corrected chi connectivity index (χ3v) is 18.1. The van der Waals surface area contributed by atoms with E-state index in [1.165, 1.54) is 103 Å². The van der Waals surface area contributed by atoms with Crippen LogP contribution in [0.25, 0.3) is 0 Å². The Balaban J connectivity index is 0.0000414. The Hall–Kier alpha value is -2.41. The molecule has 0 saturated carbocycles. The van der Waals surface area contributed by atoms with Crippen LogP contribution in [0.2, 0.25) is 0 Å². The molecule has 2 fully saturated rings. The lowest BCUT2D eigenvalue weighted by Crippen LogP contribution is -2.67. The molecule has 2 heterocycles. The number of unbranched alkanes of at least 4 members (excludes halogenated alkanes) is 34. The highest BCUT2D eigenvalue weighted by molar-refractivity contribution is 7.44. The minimum atomic E-state index is -5.62. The van der Waals surface area contributed by atoms with Gasteiger partial charge in [0.2, 0.25) is 11.8 Å². The molecule has 0 spiro atoms. The monoisotopic (exact) mass is 1330 g/mol. The number of rotatable bonds is 58. The molecule has 538 valence electrons. The first kappa shape index (κ1) is 86.6. The summed E-state index contributed by atoms with van der Waals surface area (Å²) in [5.74, 6) is -2.91. The van der Waals surface area contributed by atoms with E-state index in [0.29, 0.717) is 44.9 Å². The first-order valence-corrected chi connectivity index (χ1v) is 37.5. The molecular formula is C68H132N3O19P. The number of amides is 2. The number of ether oxygens (including phenoxy) is 5. The van der Waals surface area contributed by atoms with Gasteiger partial charge in [-0.2, -0.15) is 0 Å². The highest BCUT2D eigenvalue weighted by Crippen LogP contribution is 2.38. The third-order valence-electron chi connectivity index (χ3n) is 17.6. The van der Waals surface area contributed by atoms with Gasteiger partial charge in [0.25, 0.3) is 7.82 Å². The van der Waals surface area contributed by atoms with Crippen molar-refractivity contribution in [1.29, 1.82) is 0 Å². The number of phosphoric ester groups is 1. The van der Waals surface area contributed by atoms with Crippen molar-refractivity contribution < 1.29 is 92.4 Å². The Morgan fingerprint density at radius 2 is 0.890 bits per heavy atom. The molecule has 1 unspecified atom stereocenters. The summed E-state index contributed by atoms with van der Waals surface area (Å²) in [6.45, 7) is 6.99. The van der Waals surface area contributed by atoms with Crippen molar-refractivity contribution in [3.05, 3.63) is 0 Å². The fraction of sp³-hybridized carbons (Fsp3) is 0.941. The summed E-state index contributed by atoms with van der Waals surface area (Å²) < 4.78 is 46.4. The van der Waals surface area contributed by atoms with E-state index in [4.69, 9.17) is 28.2 Å². The van der Waals surface area contributed by atoms with E-state index in [2.05, 4.69) is 38.3 Å². The zero-order valence-corrected chi connectivity index (χ0v) is 58.1. The van der Waals surface area contributed by atoms with Crippen molar-refractivity contribution in [3.63, 3.8) is 0 Å². The highest BCUT2D eigenvalue weighted by Gasteiger charge is 2.51. The van der Waals surface area contributed by atoms with Gasteiger partial charge in [0.1, 0.15) is 48.7 Å². The second kappa shape index (κ2) is 54.7.